The van der Waals surface area contributed by atoms with Gasteiger partial charge in [-0.2, -0.15) is 0 Å². The highest BCUT2D eigenvalue weighted by Crippen LogP contribution is 2.15. The molecule has 6 heteroatoms. The monoisotopic (exact) mass is 293 g/mol. The molecule has 0 saturated carbocycles. The van der Waals surface area contributed by atoms with Gasteiger partial charge >= 0.3 is 6.03 Å². The molecular weight excluding hydrogens is 270 g/mol. The number of nitrogens with zero attached hydrogens (tertiary/aromatic N) is 1. The third kappa shape index (κ3) is 5.83. The molecule has 3 amide bonds. The second-order valence-electron chi connectivity index (χ2n) is 4.93. The first kappa shape index (κ1) is 17.0. The van der Waals surface area contributed by atoms with Crippen LogP contribution in [0.25, 0.3) is 0 Å². The zero-order valence-electron chi connectivity index (χ0n) is 12.7. The molecule has 0 saturated heterocycles. The molecule has 0 bridgehead atoms. The van der Waals surface area contributed by atoms with Gasteiger partial charge in [-0.05, 0) is 31.0 Å². The topological polar surface area (TPSA) is 81.7 Å². The molecule has 1 aromatic rings. The number of carbonyl (C=O) groups excluding carboxylic acids is 2. The first-order chi connectivity index (χ1) is 9.93. The average molecular weight is 293 g/mol. The lowest BCUT2D eigenvalue weighted by Crippen LogP contribution is -2.40. The molecule has 0 fully saturated rings. The summed E-state index contributed by atoms with van der Waals surface area (Å²) in [6.45, 7) is 4.26. The lowest BCUT2D eigenvalue weighted by molar-refractivity contribution is -0.121. The normalized spacial score (nSPS) is 11.6. The Morgan fingerprint density at radius 2 is 1.90 bits per heavy atom. The predicted octanol–water partition coefficient (Wildman–Crippen LogP) is 1.73. The molecule has 21 heavy (non-hydrogen) atoms. The molecule has 1 rings (SSSR count). The number of hydrogen-bond donors (Lipinski definition) is 3. The van der Waals surface area contributed by atoms with Crippen molar-refractivity contribution < 1.29 is 14.7 Å². The lowest BCUT2D eigenvalue weighted by atomic mass is 10.1. The Morgan fingerprint density at radius 1 is 1.29 bits per heavy atom. The Labute approximate surface area is 125 Å². The van der Waals surface area contributed by atoms with Crippen molar-refractivity contribution in [1.29, 1.82) is 0 Å². The maximum Gasteiger partial charge on any atom is 0.322 e. The standard InChI is InChI=1S/C15H23N3O3/c1-4-9-16-14(20)10-18(3)15(21)17-13-7-5-12(6-8-13)11(2)19/h5-8,11,19H,4,9-10H2,1-3H3,(H,16,20)(H,17,21). The minimum atomic E-state index is -0.542. The summed E-state index contributed by atoms with van der Waals surface area (Å²) in [5, 5.41) is 14.8. The van der Waals surface area contributed by atoms with Crippen molar-refractivity contribution in [2.75, 3.05) is 25.5 Å². The number of aliphatic hydroxyl groups is 1. The zero-order valence-corrected chi connectivity index (χ0v) is 12.7. The summed E-state index contributed by atoms with van der Waals surface area (Å²) in [6, 6.07) is 6.56. The molecule has 0 aliphatic heterocycles. The summed E-state index contributed by atoms with van der Waals surface area (Å²) < 4.78 is 0. The molecule has 1 aromatic carbocycles. The van der Waals surface area contributed by atoms with E-state index in [4.69, 9.17) is 0 Å². The van der Waals surface area contributed by atoms with Gasteiger partial charge < -0.3 is 20.6 Å². The van der Waals surface area contributed by atoms with Gasteiger partial charge in [-0.15, -0.1) is 0 Å². The van der Waals surface area contributed by atoms with E-state index in [0.717, 1.165) is 12.0 Å². The SMILES string of the molecule is CCCNC(=O)CN(C)C(=O)Nc1ccc(C(C)O)cc1. The van der Waals surface area contributed by atoms with E-state index < -0.39 is 6.10 Å². The molecule has 0 spiro atoms. The number of carbonyl (C=O) groups is 2. The van der Waals surface area contributed by atoms with E-state index >= 15 is 0 Å². The summed E-state index contributed by atoms with van der Waals surface area (Å²) in [5.74, 6) is -0.182. The van der Waals surface area contributed by atoms with Crippen LogP contribution in [0, 0.1) is 0 Å². The quantitative estimate of drug-likeness (QED) is 0.747. The number of urea groups is 1. The molecule has 3 N–H and O–H groups in total. The van der Waals surface area contributed by atoms with Gasteiger partial charge in [-0.25, -0.2) is 4.79 Å². The summed E-state index contributed by atoms with van der Waals surface area (Å²) >= 11 is 0. The van der Waals surface area contributed by atoms with E-state index in [1.807, 2.05) is 6.92 Å². The van der Waals surface area contributed by atoms with Crippen molar-refractivity contribution in [3.8, 4) is 0 Å². The third-order valence-corrected chi connectivity index (χ3v) is 2.94. The van der Waals surface area contributed by atoms with Gasteiger partial charge in [-0.1, -0.05) is 19.1 Å². The fourth-order valence-electron chi connectivity index (χ4n) is 1.67. The number of benzene rings is 1. The number of likely N-dealkylation sites (N-methyl/N-ethyl adjacent to an activating group) is 1. The van der Waals surface area contributed by atoms with E-state index in [-0.39, 0.29) is 18.5 Å². The van der Waals surface area contributed by atoms with Gasteiger partial charge in [-0.3, -0.25) is 4.79 Å². The van der Waals surface area contributed by atoms with Crippen LogP contribution < -0.4 is 10.6 Å². The highest BCUT2D eigenvalue weighted by Gasteiger charge is 2.12. The number of nitrogens with one attached hydrogen (secondary N) is 2. The number of amides is 3. The molecular formula is C15H23N3O3. The minimum absolute atomic E-state index is 0.0115. The van der Waals surface area contributed by atoms with Crippen molar-refractivity contribution in [1.82, 2.24) is 10.2 Å². The number of hydrogen-bond acceptors (Lipinski definition) is 3. The number of aliphatic hydroxyl groups excluding tert-OH is 1. The number of rotatable bonds is 6. The van der Waals surface area contributed by atoms with Gasteiger partial charge in [0.2, 0.25) is 5.91 Å². The molecule has 0 aromatic heterocycles. The number of anilines is 1. The second-order valence-corrected chi connectivity index (χ2v) is 4.93. The van der Waals surface area contributed by atoms with Gasteiger partial charge in [0.15, 0.2) is 0 Å². The van der Waals surface area contributed by atoms with Crippen LogP contribution in [-0.4, -0.2) is 42.1 Å². The Balaban J connectivity index is 2.50. The van der Waals surface area contributed by atoms with Gasteiger partial charge in [0.25, 0.3) is 0 Å². The van der Waals surface area contributed by atoms with E-state index in [1.54, 1.807) is 38.2 Å². The first-order valence-electron chi connectivity index (χ1n) is 7.01. The molecule has 116 valence electrons. The highest BCUT2D eigenvalue weighted by atomic mass is 16.3. The van der Waals surface area contributed by atoms with E-state index in [2.05, 4.69) is 10.6 Å². The van der Waals surface area contributed by atoms with Crippen molar-refractivity contribution in [3.05, 3.63) is 29.8 Å². The van der Waals surface area contributed by atoms with E-state index in [9.17, 15) is 14.7 Å². The van der Waals surface area contributed by atoms with Gasteiger partial charge in [0, 0.05) is 19.3 Å². The summed E-state index contributed by atoms with van der Waals surface area (Å²) in [5.41, 5.74) is 1.39. The highest BCUT2D eigenvalue weighted by molar-refractivity contribution is 5.92. The Morgan fingerprint density at radius 3 is 2.43 bits per heavy atom. The molecule has 6 nitrogen and oxygen atoms in total. The van der Waals surface area contributed by atoms with Gasteiger partial charge in [0.05, 0.1) is 6.10 Å². The van der Waals surface area contributed by atoms with Crippen molar-refractivity contribution in [3.63, 3.8) is 0 Å². The fourth-order valence-corrected chi connectivity index (χ4v) is 1.67. The minimum Gasteiger partial charge on any atom is -0.389 e. The van der Waals surface area contributed by atoms with E-state index in [1.165, 1.54) is 4.90 Å². The van der Waals surface area contributed by atoms with Gasteiger partial charge in [0.1, 0.15) is 6.54 Å². The molecule has 1 atom stereocenters. The first-order valence-corrected chi connectivity index (χ1v) is 7.01. The Hall–Kier alpha value is -2.08. The third-order valence-electron chi connectivity index (χ3n) is 2.94. The summed E-state index contributed by atoms with van der Waals surface area (Å²) in [4.78, 5) is 24.8. The zero-order chi connectivity index (χ0) is 15.8. The Kier molecular flexibility index (Phi) is 6.68. The molecule has 0 heterocycles. The average Bonchev–Trinajstić information content (AvgIpc) is 2.45. The fraction of sp³-hybridized carbons (Fsp3) is 0.467. The molecule has 0 aliphatic rings. The van der Waals surface area contributed by atoms with Crippen LogP contribution in [0.3, 0.4) is 0 Å². The van der Waals surface area contributed by atoms with Crippen LogP contribution >= 0.6 is 0 Å². The van der Waals surface area contributed by atoms with Crippen LogP contribution in [0.15, 0.2) is 24.3 Å². The predicted molar refractivity (Wildman–Crippen MR) is 82.0 cm³/mol. The maximum absolute atomic E-state index is 11.9. The van der Waals surface area contributed by atoms with Crippen LogP contribution in [0.1, 0.15) is 31.9 Å². The van der Waals surface area contributed by atoms with Crippen molar-refractivity contribution >= 4 is 17.6 Å². The Bertz CT molecular complexity index is 472. The summed E-state index contributed by atoms with van der Waals surface area (Å²) in [6.07, 6.45) is 0.316. The molecule has 0 aliphatic carbocycles. The smallest absolute Gasteiger partial charge is 0.322 e. The molecule has 1 unspecified atom stereocenters. The van der Waals surface area contributed by atoms with Crippen molar-refractivity contribution in [2.45, 2.75) is 26.4 Å². The van der Waals surface area contributed by atoms with E-state index in [0.29, 0.717) is 12.2 Å². The van der Waals surface area contributed by atoms with Crippen LogP contribution in [0.2, 0.25) is 0 Å². The molecule has 0 radical (unpaired) electrons. The second kappa shape index (κ2) is 8.26. The summed E-state index contributed by atoms with van der Waals surface area (Å²) in [7, 11) is 1.56. The maximum atomic E-state index is 11.9. The lowest BCUT2D eigenvalue weighted by Gasteiger charge is -2.17. The largest absolute Gasteiger partial charge is 0.389 e. The van der Waals surface area contributed by atoms with Crippen LogP contribution in [0.4, 0.5) is 10.5 Å². The van der Waals surface area contributed by atoms with Crippen molar-refractivity contribution in [2.24, 2.45) is 0 Å². The van der Waals surface area contributed by atoms with Crippen LogP contribution in [0.5, 0.6) is 0 Å². The van der Waals surface area contributed by atoms with Crippen LogP contribution in [-0.2, 0) is 4.79 Å².